The fraction of sp³-hybridized carbons (Fsp3) is 0.348. The molecule has 152 valence electrons. The molecule has 1 saturated heterocycles. The standard InChI is InChI=1S/C23H26ClN3OS/c1-2-18-3-9-21(10-4-18)25-23-27(12-11-26-13-15-28-16-14-26)22(17-29-23)19-5-7-20(24)8-6-19/h3-10,17H,2,11-16H2,1H3. The van der Waals surface area contributed by atoms with E-state index in [0.717, 1.165) is 66.9 Å². The molecular weight excluding hydrogens is 402 g/mol. The number of morpholine rings is 1. The summed E-state index contributed by atoms with van der Waals surface area (Å²) in [5.41, 5.74) is 4.67. The van der Waals surface area contributed by atoms with E-state index >= 15 is 0 Å². The Kier molecular flexibility index (Phi) is 6.82. The molecule has 3 aromatic rings. The smallest absolute Gasteiger partial charge is 0.190 e. The number of hydrogen-bond acceptors (Lipinski definition) is 4. The van der Waals surface area contributed by atoms with Gasteiger partial charge in [0.1, 0.15) is 0 Å². The number of hydrogen-bond donors (Lipinski definition) is 0. The van der Waals surface area contributed by atoms with Crippen molar-refractivity contribution >= 4 is 28.6 Å². The quantitative estimate of drug-likeness (QED) is 0.554. The highest BCUT2D eigenvalue weighted by molar-refractivity contribution is 7.07. The van der Waals surface area contributed by atoms with E-state index in [2.05, 4.69) is 58.2 Å². The molecule has 4 nitrogen and oxygen atoms in total. The largest absolute Gasteiger partial charge is 0.379 e. The second-order valence-electron chi connectivity index (χ2n) is 7.15. The van der Waals surface area contributed by atoms with Crippen LogP contribution in [0.15, 0.2) is 58.9 Å². The van der Waals surface area contributed by atoms with Gasteiger partial charge in [-0.3, -0.25) is 4.90 Å². The fourth-order valence-electron chi connectivity index (χ4n) is 3.47. The lowest BCUT2D eigenvalue weighted by Gasteiger charge is -2.26. The Hall–Kier alpha value is -1.92. The second kappa shape index (κ2) is 9.72. The van der Waals surface area contributed by atoms with Gasteiger partial charge in [0.2, 0.25) is 0 Å². The Morgan fingerprint density at radius 3 is 2.41 bits per heavy atom. The lowest BCUT2D eigenvalue weighted by atomic mass is 10.1. The first-order valence-corrected chi connectivity index (χ1v) is 11.4. The Morgan fingerprint density at radius 2 is 1.72 bits per heavy atom. The molecule has 0 bridgehead atoms. The van der Waals surface area contributed by atoms with Gasteiger partial charge < -0.3 is 9.30 Å². The molecule has 0 saturated carbocycles. The van der Waals surface area contributed by atoms with Gasteiger partial charge in [0.15, 0.2) is 4.80 Å². The summed E-state index contributed by atoms with van der Waals surface area (Å²) in [6.07, 6.45) is 1.04. The summed E-state index contributed by atoms with van der Waals surface area (Å²) < 4.78 is 7.82. The van der Waals surface area contributed by atoms with Crippen molar-refractivity contribution in [2.45, 2.75) is 19.9 Å². The van der Waals surface area contributed by atoms with Gasteiger partial charge in [-0.2, -0.15) is 0 Å². The van der Waals surface area contributed by atoms with Crippen LogP contribution >= 0.6 is 22.9 Å². The Balaban J connectivity index is 1.67. The predicted octanol–water partition coefficient (Wildman–Crippen LogP) is 5.00. The molecule has 1 fully saturated rings. The van der Waals surface area contributed by atoms with Crippen LogP contribution in [0.4, 0.5) is 5.69 Å². The van der Waals surface area contributed by atoms with E-state index < -0.39 is 0 Å². The molecule has 0 spiro atoms. The molecule has 2 aromatic carbocycles. The molecule has 0 amide bonds. The fourth-order valence-corrected chi connectivity index (χ4v) is 4.55. The summed E-state index contributed by atoms with van der Waals surface area (Å²) in [6, 6.07) is 16.6. The van der Waals surface area contributed by atoms with Gasteiger partial charge in [0, 0.05) is 36.6 Å². The highest BCUT2D eigenvalue weighted by atomic mass is 35.5. The van der Waals surface area contributed by atoms with E-state index in [9.17, 15) is 0 Å². The van der Waals surface area contributed by atoms with Crippen molar-refractivity contribution in [3.05, 3.63) is 69.3 Å². The highest BCUT2D eigenvalue weighted by Gasteiger charge is 2.13. The molecule has 0 radical (unpaired) electrons. The highest BCUT2D eigenvalue weighted by Crippen LogP contribution is 2.23. The van der Waals surface area contributed by atoms with Crippen molar-refractivity contribution in [3.63, 3.8) is 0 Å². The number of halogens is 1. The minimum absolute atomic E-state index is 0.754. The topological polar surface area (TPSA) is 29.8 Å². The first-order chi connectivity index (χ1) is 14.2. The molecule has 0 aliphatic carbocycles. The first-order valence-electron chi connectivity index (χ1n) is 10.1. The van der Waals surface area contributed by atoms with Crippen LogP contribution in [-0.2, 0) is 17.7 Å². The van der Waals surface area contributed by atoms with E-state index in [-0.39, 0.29) is 0 Å². The van der Waals surface area contributed by atoms with E-state index in [1.54, 1.807) is 11.3 Å². The van der Waals surface area contributed by atoms with E-state index in [4.69, 9.17) is 21.3 Å². The lowest BCUT2D eigenvalue weighted by molar-refractivity contribution is 0.0363. The van der Waals surface area contributed by atoms with Crippen LogP contribution in [0, 0.1) is 0 Å². The Morgan fingerprint density at radius 1 is 1.00 bits per heavy atom. The van der Waals surface area contributed by atoms with Gasteiger partial charge in [-0.1, -0.05) is 42.8 Å². The summed E-state index contributed by atoms with van der Waals surface area (Å²) in [5, 5.41) is 2.95. The summed E-state index contributed by atoms with van der Waals surface area (Å²) in [7, 11) is 0. The minimum Gasteiger partial charge on any atom is -0.379 e. The molecule has 0 N–H and O–H groups in total. The zero-order valence-electron chi connectivity index (χ0n) is 16.7. The summed E-state index contributed by atoms with van der Waals surface area (Å²) in [4.78, 5) is 8.43. The van der Waals surface area contributed by atoms with Crippen molar-refractivity contribution in [2.75, 3.05) is 32.8 Å². The van der Waals surface area contributed by atoms with Gasteiger partial charge in [-0.05, 0) is 41.8 Å². The van der Waals surface area contributed by atoms with Gasteiger partial charge in [0.05, 0.1) is 24.6 Å². The molecule has 1 aromatic heterocycles. The Labute approximate surface area is 181 Å². The number of ether oxygens (including phenoxy) is 1. The SMILES string of the molecule is CCc1ccc(N=c2scc(-c3ccc(Cl)cc3)n2CCN2CCOCC2)cc1. The number of rotatable bonds is 6. The molecule has 29 heavy (non-hydrogen) atoms. The minimum atomic E-state index is 0.754. The normalized spacial score (nSPS) is 15.7. The van der Waals surface area contributed by atoms with Crippen molar-refractivity contribution in [1.82, 2.24) is 9.47 Å². The first kappa shape index (κ1) is 20.4. The number of thiazole rings is 1. The lowest BCUT2D eigenvalue weighted by Crippen LogP contribution is -2.39. The van der Waals surface area contributed by atoms with Gasteiger partial charge >= 0.3 is 0 Å². The maximum Gasteiger partial charge on any atom is 0.190 e. The van der Waals surface area contributed by atoms with Gasteiger partial charge in [-0.15, -0.1) is 11.3 Å². The van der Waals surface area contributed by atoms with Crippen LogP contribution in [0.25, 0.3) is 11.3 Å². The maximum atomic E-state index is 6.10. The van der Waals surface area contributed by atoms with Crippen molar-refractivity contribution < 1.29 is 4.74 Å². The van der Waals surface area contributed by atoms with Crippen LogP contribution in [0.3, 0.4) is 0 Å². The second-order valence-corrected chi connectivity index (χ2v) is 8.42. The van der Waals surface area contributed by atoms with Gasteiger partial charge in [-0.25, -0.2) is 4.99 Å². The molecule has 4 rings (SSSR count). The Bertz CT molecular complexity index is 986. The van der Waals surface area contributed by atoms with Gasteiger partial charge in [0.25, 0.3) is 0 Å². The average Bonchev–Trinajstić information content (AvgIpc) is 3.16. The molecule has 1 aliphatic heterocycles. The average molecular weight is 428 g/mol. The van der Waals surface area contributed by atoms with Crippen LogP contribution < -0.4 is 4.80 Å². The third kappa shape index (κ3) is 5.17. The van der Waals surface area contributed by atoms with Crippen LogP contribution in [0.5, 0.6) is 0 Å². The molecule has 1 aliphatic rings. The number of aromatic nitrogens is 1. The monoisotopic (exact) mass is 427 g/mol. The number of benzene rings is 2. The van der Waals surface area contributed by atoms with E-state index in [1.807, 2.05) is 12.1 Å². The predicted molar refractivity (Wildman–Crippen MR) is 121 cm³/mol. The van der Waals surface area contributed by atoms with Crippen molar-refractivity contribution in [1.29, 1.82) is 0 Å². The zero-order valence-corrected chi connectivity index (χ0v) is 18.3. The van der Waals surface area contributed by atoms with Crippen molar-refractivity contribution in [2.24, 2.45) is 4.99 Å². The van der Waals surface area contributed by atoms with E-state index in [1.165, 1.54) is 11.3 Å². The maximum absolute atomic E-state index is 6.10. The van der Waals surface area contributed by atoms with E-state index in [0.29, 0.717) is 0 Å². The van der Waals surface area contributed by atoms with Crippen LogP contribution in [-0.4, -0.2) is 42.3 Å². The zero-order chi connectivity index (χ0) is 20.1. The van der Waals surface area contributed by atoms with Crippen molar-refractivity contribution in [3.8, 4) is 11.3 Å². The third-order valence-electron chi connectivity index (χ3n) is 5.25. The molecular formula is C23H26ClN3OS. The number of nitrogens with zero attached hydrogens (tertiary/aromatic N) is 3. The summed E-state index contributed by atoms with van der Waals surface area (Å²) >= 11 is 7.78. The summed E-state index contributed by atoms with van der Waals surface area (Å²) in [6.45, 7) is 7.68. The summed E-state index contributed by atoms with van der Waals surface area (Å²) in [5.74, 6) is 0. The molecule has 6 heteroatoms. The molecule has 2 heterocycles. The molecule has 0 atom stereocenters. The van der Waals surface area contributed by atoms with Crippen LogP contribution in [0.2, 0.25) is 5.02 Å². The molecule has 0 unspecified atom stereocenters. The third-order valence-corrected chi connectivity index (χ3v) is 6.37. The number of aryl methyl sites for hydroxylation is 1. The van der Waals surface area contributed by atoms with Crippen LogP contribution in [0.1, 0.15) is 12.5 Å².